The molecule has 1 saturated heterocycles. The molecule has 3 unspecified atom stereocenters. The molecule has 1 fully saturated rings. The highest BCUT2D eigenvalue weighted by molar-refractivity contribution is 8.13. The van der Waals surface area contributed by atoms with E-state index < -0.39 is 18.1 Å². The van der Waals surface area contributed by atoms with E-state index in [9.17, 15) is 19.5 Å². The van der Waals surface area contributed by atoms with E-state index in [1.807, 2.05) is 0 Å². The van der Waals surface area contributed by atoms with Crippen molar-refractivity contribution < 1.29 is 24.6 Å². The van der Waals surface area contributed by atoms with Crippen molar-refractivity contribution in [3.63, 3.8) is 0 Å². The molecule has 6 nitrogen and oxygen atoms in total. The average molecular weight is 275 g/mol. The van der Waals surface area contributed by atoms with Gasteiger partial charge < -0.3 is 15.1 Å². The summed E-state index contributed by atoms with van der Waals surface area (Å²) >= 11 is 1.13. The Bertz CT molecular complexity index is 357. The van der Waals surface area contributed by atoms with Gasteiger partial charge in [0, 0.05) is 25.6 Å². The highest BCUT2D eigenvalue weighted by Crippen LogP contribution is 2.25. The number of aliphatic hydroxyl groups excluding tert-OH is 1. The van der Waals surface area contributed by atoms with Crippen LogP contribution in [0.3, 0.4) is 0 Å². The monoisotopic (exact) mass is 275 g/mol. The minimum Gasteiger partial charge on any atom is -0.480 e. The van der Waals surface area contributed by atoms with E-state index in [1.165, 1.54) is 18.7 Å². The summed E-state index contributed by atoms with van der Waals surface area (Å²) < 4.78 is 0. The van der Waals surface area contributed by atoms with E-state index in [0.29, 0.717) is 5.75 Å². The maximum atomic E-state index is 11.7. The lowest BCUT2D eigenvalue weighted by Crippen LogP contribution is -2.48. The van der Waals surface area contributed by atoms with Gasteiger partial charge in [-0.15, -0.1) is 0 Å². The van der Waals surface area contributed by atoms with Crippen molar-refractivity contribution in [2.45, 2.75) is 32.4 Å². The van der Waals surface area contributed by atoms with Gasteiger partial charge in [0.05, 0.1) is 6.10 Å². The predicted octanol–water partition coefficient (Wildman–Crippen LogP) is -0.0514. The molecule has 0 bridgehead atoms. The molecular weight excluding hydrogens is 258 g/mol. The quantitative estimate of drug-likeness (QED) is 0.730. The highest BCUT2D eigenvalue weighted by atomic mass is 32.2. The van der Waals surface area contributed by atoms with Crippen molar-refractivity contribution in [3.05, 3.63) is 0 Å². The maximum Gasteiger partial charge on any atom is 0.329 e. The summed E-state index contributed by atoms with van der Waals surface area (Å²) in [6, 6.07) is -1.20. The van der Waals surface area contributed by atoms with Crippen LogP contribution in [0.4, 0.5) is 0 Å². The third kappa shape index (κ3) is 3.71. The van der Waals surface area contributed by atoms with Crippen molar-refractivity contribution in [1.82, 2.24) is 4.90 Å². The fraction of sp³-hybridized carbons (Fsp3) is 0.727. The van der Waals surface area contributed by atoms with Crippen LogP contribution >= 0.6 is 11.8 Å². The van der Waals surface area contributed by atoms with Crippen LogP contribution in [-0.2, 0) is 14.4 Å². The lowest BCUT2D eigenvalue weighted by Gasteiger charge is -2.26. The molecule has 0 spiro atoms. The second-order valence-corrected chi connectivity index (χ2v) is 5.64. The predicted molar refractivity (Wildman–Crippen MR) is 66.1 cm³/mol. The summed E-state index contributed by atoms with van der Waals surface area (Å²) in [7, 11) is 0. The number of hydrogen-bond donors (Lipinski definition) is 2. The van der Waals surface area contributed by atoms with Crippen LogP contribution in [0.5, 0.6) is 0 Å². The lowest BCUT2D eigenvalue weighted by atomic mass is 10.1. The molecule has 102 valence electrons. The molecule has 1 heterocycles. The van der Waals surface area contributed by atoms with Gasteiger partial charge in [-0.05, 0) is 12.8 Å². The van der Waals surface area contributed by atoms with E-state index in [0.717, 1.165) is 11.8 Å². The van der Waals surface area contributed by atoms with E-state index in [-0.39, 0.29) is 29.9 Å². The fourth-order valence-corrected chi connectivity index (χ4v) is 2.72. The molecular formula is C11H17NO5S. The van der Waals surface area contributed by atoms with E-state index >= 15 is 0 Å². The molecule has 0 saturated carbocycles. The Morgan fingerprint density at radius 3 is 2.61 bits per heavy atom. The van der Waals surface area contributed by atoms with Gasteiger partial charge in [-0.3, -0.25) is 9.59 Å². The second-order valence-electron chi connectivity index (χ2n) is 4.44. The van der Waals surface area contributed by atoms with Crippen molar-refractivity contribution in [2.24, 2.45) is 5.92 Å². The van der Waals surface area contributed by atoms with E-state index in [2.05, 4.69) is 0 Å². The van der Waals surface area contributed by atoms with Crippen LogP contribution in [0.15, 0.2) is 0 Å². The SMILES string of the molecule is CC(=O)SCC1CC(=O)N(C(C(=O)O)C(C)O)C1. The lowest BCUT2D eigenvalue weighted by molar-refractivity contribution is -0.152. The van der Waals surface area contributed by atoms with Crippen LogP contribution in [-0.4, -0.2) is 56.5 Å². The zero-order chi connectivity index (χ0) is 13.9. The molecule has 1 amide bonds. The Kier molecular flexibility index (Phi) is 5.15. The number of nitrogens with zero attached hydrogens (tertiary/aromatic N) is 1. The van der Waals surface area contributed by atoms with E-state index in [1.54, 1.807) is 0 Å². The van der Waals surface area contributed by atoms with Gasteiger partial charge in [0.1, 0.15) is 0 Å². The minimum atomic E-state index is -1.21. The Hall–Kier alpha value is -1.08. The topological polar surface area (TPSA) is 94.9 Å². The number of thioether (sulfide) groups is 1. The number of amides is 1. The van der Waals surface area contributed by atoms with Crippen molar-refractivity contribution in [2.75, 3.05) is 12.3 Å². The van der Waals surface area contributed by atoms with Crippen molar-refractivity contribution in [3.8, 4) is 0 Å². The molecule has 0 radical (unpaired) electrons. The van der Waals surface area contributed by atoms with Gasteiger partial charge in [-0.25, -0.2) is 4.79 Å². The third-order valence-corrected chi connectivity index (χ3v) is 3.85. The summed E-state index contributed by atoms with van der Waals surface area (Å²) in [4.78, 5) is 34.8. The minimum absolute atomic E-state index is 0.0220. The Balaban J connectivity index is 2.65. The van der Waals surface area contributed by atoms with Crippen LogP contribution in [0.2, 0.25) is 0 Å². The normalized spacial score (nSPS) is 22.9. The van der Waals surface area contributed by atoms with Crippen molar-refractivity contribution >= 4 is 28.8 Å². The first-order valence-corrected chi connectivity index (χ1v) is 6.65. The van der Waals surface area contributed by atoms with Crippen LogP contribution in [0.1, 0.15) is 20.3 Å². The zero-order valence-corrected chi connectivity index (χ0v) is 11.1. The fourth-order valence-electron chi connectivity index (χ4n) is 2.02. The first kappa shape index (κ1) is 15.0. The van der Waals surface area contributed by atoms with Gasteiger partial charge >= 0.3 is 5.97 Å². The summed E-state index contributed by atoms with van der Waals surface area (Å²) in [5.74, 6) is -1.02. The van der Waals surface area contributed by atoms with Gasteiger partial charge in [0.25, 0.3) is 0 Å². The number of carboxylic acid groups (broad SMARTS) is 1. The number of hydrogen-bond acceptors (Lipinski definition) is 5. The Morgan fingerprint density at radius 1 is 1.56 bits per heavy atom. The average Bonchev–Trinajstić information content (AvgIpc) is 2.56. The molecule has 1 rings (SSSR count). The first-order valence-electron chi connectivity index (χ1n) is 5.66. The molecule has 0 aromatic heterocycles. The second kappa shape index (κ2) is 6.19. The largest absolute Gasteiger partial charge is 0.480 e. The summed E-state index contributed by atoms with van der Waals surface area (Å²) in [6.07, 6.45) is -0.887. The first-order chi connectivity index (χ1) is 8.32. The van der Waals surface area contributed by atoms with Crippen LogP contribution in [0.25, 0.3) is 0 Å². The molecule has 1 aliphatic rings. The number of likely N-dealkylation sites (tertiary alicyclic amines) is 1. The zero-order valence-electron chi connectivity index (χ0n) is 10.3. The number of aliphatic hydroxyl groups is 1. The maximum absolute atomic E-state index is 11.7. The van der Waals surface area contributed by atoms with Gasteiger partial charge in [-0.2, -0.15) is 0 Å². The van der Waals surface area contributed by atoms with Crippen LogP contribution in [0, 0.1) is 5.92 Å². The van der Waals surface area contributed by atoms with E-state index in [4.69, 9.17) is 5.11 Å². The molecule has 7 heteroatoms. The highest BCUT2D eigenvalue weighted by Gasteiger charge is 2.39. The molecule has 18 heavy (non-hydrogen) atoms. The number of rotatable bonds is 5. The molecule has 0 aromatic carbocycles. The molecule has 1 aliphatic heterocycles. The third-order valence-electron chi connectivity index (χ3n) is 2.81. The molecule has 0 aliphatic carbocycles. The summed E-state index contributed by atoms with van der Waals surface area (Å²) in [6.45, 7) is 3.08. The van der Waals surface area contributed by atoms with Gasteiger partial charge in [0.15, 0.2) is 11.2 Å². The number of aliphatic carboxylic acids is 1. The Labute approximate surface area is 109 Å². The number of carboxylic acids is 1. The Morgan fingerprint density at radius 2 is 2.17 bits per heavy atom. The smallest absolute Gasteiger partial charge is 0.329 e. The number of carbonyl (C=O) groups is 3. The summed E-state index contributed by atoms with van der Waals surface area (Å²) in [5, 5.41) is 18.4. The molecule has 2 N–H and O–H groups in total. The van der Waals surface area contributed by atoms with Crippen LogP contribution < -0.4 is 0 Å². The number of carbonyl (C=O) groups excluding carboxylic acids is 2. The summed E-state index contributed by atoms with van der Waals surface area (Å²) in [5.41, 5.74) is 0. The van der Waals surface area contributed by atoms with Crippen molar-refractivity contribution in [1.29, 1.82) is 0 Å². The van der Waals surface area contributed by atoms with Gasteiger partial charge in [0.2, 0.25) is 5.91 Å². The standard InChI is InChI=1S/C11H17NO5S/c1-6(13)10(11(16)17)12-4-8(3-9(12)15)5-18-7(2)14/h6,8,10,13H,3-5H2,1-2H3,(H,16,17). The molecule has 3 atom stereocenters. The van der Waals surface area contributed by atoms with Gasteiger partial charge in [-0.1, -0.05) is 11.8 Å². The molecule has 0 aromatic rings.